The highest BCUT2D eigenvalue weighted by molar-refractivity contribution is 6.30. The van der Waals surface area contributed by atoms with Gasteiger partial charge in [-0.05, 0) is 26.0 Å². The van der Waals surface area contributed by atoms with Crippen LogP contribution in [0.15, 0.2) is 24.3 Å². The van der Waals surface area contributed by atoms with Crippen LogP contribution in [0.1, 0.15) is 24.3 Å². The molecule has 1 amide bonds. The van der Waals surface area contributed by atoms with Crippen LogP contribution in [0.5, 0.6) is 0 Å². The minimum absolute atomic E-state index is 0.0819. The summed E-state index contributed by atoms with van der Waals surface area (Å²) in [5.74, 6) is -0.0802. The molecule has 7 nitrogen and oxygen atoms in total. The van der Waals surface area contributed by atoms with E-state index in [1.165, 1.54) is 0 Å². The van der Waals surface area contributed by atoms with E-state index in [-0.39, 0.29) is 18.2 Å². The second-order valence-electron chi connectivity index (χ2n) is 6.03. The number of benzene rings is 1. The van der Waals surface area contributed by atoms with Crippen LogP contribution in [-0.2, 0) is 9.53 Å². The molecular formula is C18H21ClN4O3. The minimum atomic E-state index is -0.544. The number of para-hydroxylation sites is 2. The summed E-state index contributed by atoms with van der Waals surface area (Å²) in [7, 11) is 0. The van der Waals surface area contributed by atoms with Crippen molar-refractivity contribution in [3.05, 3.63) is 30.0 Å². The van der Waals surface area contributed by atoms with E-state index in [1.54, 1.807) is 18.7 Å². The summed E-state index contributed by atoms with van der Waals surface area (Å²) in [6.07, 6.45) is 0. The maximum atomic E-state index is 12.4. The topological polar surface area (TPSA) is 75.6 Å². The lowest BCUT2D eigenvalue weighted by atomic mass is 10.2. The third kappa shape index (κ3) is 3.72. The molecule has 1 atom stereocenters. The minimum Gasteiger partial charge on any atom is -0.461 e. The van der Waals surface area contributed by atoms with Crippen molar-refractivity contribution in [1.29, 1.82) is 0 Å². The van der Waals surface area contributed by atoms with Crippen LogP contribution >= 0.6 is 11.6 Å². The van der Waals surface area contributed by atoms with Crippen molar-refractivity contribution in [1.82, 2.24) is 14.9 Å². The molecule has 0 N–H and O–H groups in total. The van der Waals surface area contributed by atoms with Crippen LogP contribution in [0.25, 0.3) is 11.0 Å². The molecule has 1 aliphatic heterocycles. The second-order valence-corrected chi connectivity index (χ2v) is 6.69. The number of alkyl halides is 1. The van der Waals surface area contributed by atoms with Gasteiger partial charge in [-0.3, -0.25) is 4.79 Å². The number of piperazine rings is 1. The summed E-state index contributed by atoms with van der Waals surface area (Å²) >= 11 is 5.89. The van der Waals surface area contributed by atoms with Gasteiger partial charge in [0.25, 0.3) is 0 Å². The first-order valence-corrected chi connectivity index (χ1v) is 9.06. The summed E-state index contributed by atoms with van der Waals surface area (Å²) in [4.78, 5) is 37.2. The number of fused-ring (bicyclic) bond motifs is 1. The van der Waals surface area contributed by atoms with Gasteiger partial charge in [-0.15, -0.1) is 11.6 Å². The van der Waals surface area contributed by atoms with Crippen LogP contribution in [0.3, 0.4) is 0 Å². The molecule has 1 aliphatic rings. The molecule has 0 spiro atoms. The molecule has 0 saturated carbocycles. The maximum absolute atomic E-state index is 12.4. The summed E-state index contributed by atoms with van der Waals surface area (Å²) in [5, 5.41) is -0.544. The monoisotopic (exact) mass is 376 g/mol. The summed E-state index contributed by atoms with van der Waals surface area (Å²) < 4.78 is 5.15. The second kappa shape index (κ2) is 7.86. The Morgan fingerprint density at radius 2 is 1.77 bits per heavy atom. The van der Waals surface area contributed by atoms with Crippen molar-refractivity contribution in [2.24, 2.45) is 0 Å². The van der Waals surface area contributed by atoms with Crippen LogP contribution in [-0.4, -0.2) is 64.9 Å². The quantitative estimate of drug-likeness (QED) is 0.600. The van der Waals surface area contributed by atoms with Gasteiger partial charge in [-0.2, -0.15) is 0 Å². The fraction of sp³-hybridized carbons (Fsp3) is 0.444. The number of carbonyl (C=O) groups excluding carboxylic acids is 2. The van der Waals surface area contributed by atoms with E-state index in [0.29, 0.717) is 43.0 Å². The predicted molar refractivity (Wildman–Crippen MR) is 99.6 cm³/mol. The number of aromatic nitrogens is 2. The largest absolute Gasteiger partial charge is 0.461 e. The number of rotatable bonds is 4. The first-order valence-electron chi connectivity index (χ1n) is 8.63. The normalized spacial score (nSPS) is 15.8. The lowest BCUT2D eigenvalue weighted by Crippen LogP contribution is -2.51. The van der Waals surface area contributed by atoms with E-state index in [1.807, 2.05) is 29.2 Å². The molecule has 0 radical (unpaired) electrons. The van der Waals surface area contributed by atoms with Crippen LogP contribution < -0.4 is 4.90 Å². The Morgan fingerprint density at radius 1 is 1.15 bits per heavy atom. The predicted octanol–water partition coefficient (Wildman–Crippen LogP) is 2.08. The zero-order valence-electron chi connectivity index (χ0n) is 14.8. The number of esters is 1. The van der Waals surface area contributed by atoms with Gasteiger partial charge in [-0.1, -0.05) is 12.1 Å². The molecule has 0 unspecified atom stereocenters. The molecule has 0 aliphatic carbocycles. The smallest absolute Gasteiger partial charge is 0.360 e. The van der Waals surface area contributed by atoms with Gasteiger partial charge in [0.15, 0.2) is 11.5 Å². The Kier molecular flexibility index (Phi) is 5.56. The zero-order chi connectivity index (χ0) is 18.7. The average Bonchev–Trinajstić information content (AvgIpc) is 2.66. The zero-order valence-corrected chi connectivity index (χ0v) is 15.6. The lowest BCUT2D eigenvalue weighted by Gasteiger charge is -2.36. The number of amides is 1. The molecular weight excluding hydrogens is 356 g/mol. The SMILES string of the molecule is CCOC(=O)c1nc2ccccc2nc1N1CCN(C(=O)[C@@H](C)Cl)CC1. The van der Waals surface area contributed by atoms with Crippen molar-refractivity contribution in [2.75, 3.05) is 37.7 Å². The van der Waals surface area contributed by atoms with Gasteiger partial charge in [0.2, 0.25) is 5.91 Å². The van der Waals surface area contributed by atoms with Gasteiger partial charge >= 0.3 is 5.97 Å². The van der Waals surface area contributed by atoms with Crippen molar-refractivity contribution in [2.45, 2.75) is 19.2 Å². The summed E-state index contributed by atoms with van der Waals surface area (Å²) in [5.41, 5.74) is 1.56. The molecule has 0 bridgehead atoms. The van der Waals surface area contributed by atoms with Gasteiger partial charge in [0, 0.05) is 26.2 Å². The maximum Gasteiger partial charge on any atom is 0.360 e. The van der Waals surface area contributed by atoms with Gasteiger partial charge in [0.1, 0.15) is 5.38 Å². The Morgan fingerprint density at radius 3 is 2.35 bits per heavy atom. The highest BCUT2D eigenvalue weighted by Crippen LogP contribution is 2.23. The average molecular weight is 377 g/mol. The molecule has 3 rings (SSSR count). The van der Waals surface area contributed by atoms with E-state index in [4.69, 9.17) is 16.3 Å². The van der Waals surface area contributed by atoms with Crippen LogP contribution in [0.2, 0.25) is 0 Å². The van der Waals surface area contributed by atoms with E-state index in [0.717, 1.165) is 0 Å². The number of carbonyl (C=O) groups is 2. The number of nitrogens with zero attached hydrogens (tertiary/aromatic N) is 4. The highest BCUT2D eigenvalue weighted by Gasteiger charge is 2.28. The van der Waals surface area contributed by atoms with E-state index < -0.39 is 11.3 Å². The molecule has 1 aromatic carbocycles. The Bertz CT molecular complexity index is 819. The van der Waals surface area contributed by atoms with Crippen LogP contribution in [0.4, 0.5) is 5.82 Å². The number of anilines is 1. The molecule has 2 aromatic rings. The first kappa shape index (κ1) is 18.4. The molecule has 1 aromatic heterocycles. The third-order valence-electron chi connectivity index (χ3n) is 4.25. The fourth-order valence-corrected chi connectivity index (χ4v) is 3.08. The van der Waals surface area contributed by atoms with Crippen LogP contribution in [0, 0.1) is 0 Å². The highest BCUT2D eigenvalue weighted by atomic mass is 35.5. The van der Waals surface area contributed by atoms with Crippen molar-refractivity contribution in [3.63, 3.8) is 0 Å². The van der Waals surface area contributed by atoms with Gasteiger partial charge < -0.3 is 14.5 Å². The summed E-state index contributed by atoms with van der Waals surface area (Å²) in [6.45, 7) is 5.83. The summed E-state index contributed by atoms with van der Waals surface area (Å²) in [6, 6.07) is 7.40. The van der Waals surface area contributed by atoms with E-state index in [9.17, 15) is 9.59 Å². The Balaban J connectivity index is 1.90. The molecule has 8 heteroatoms. The lowest BCUT2D eigenvalue weighted by molar-refractivity contribution is -0.130. The van der Waals surface area contributed by atoms with Crippen molar-refractivity contribution >= 4 is 40.3 Å². The van der Waals surface area contributed by atoms with E-state index in [2.05, 4.69) is 9.97 Å². The number of hydrogen-bond acceptors (Lipinski definition) is 6. The number of halogens is 1. The first-order chi connectivity index (χ1) is 12.5. The molecule has 1 fully saturated rings. The van der Waals surface area contributed by atoms with Gasteiger partial charge in [0.05, 0.1) is 17.6 Å². The Hall–Kier alpha value is -2.41. The molecule has 138 valence electrons. The van der Waals surface area contributed by atoms with Crippen molar-refractivity contribution in [3.8, 4) is 0 Å². The van der Waals surface area contributed by atoms with E-state index >= 15 is 0 Å². The number of ether oxygens (including phenoxy) is 1. The number of hydrogen-bond donors (Lipinski definition) is 0. The molecule has 26 heavy (non-hydrogen) atoms. The van der Waals surface area contributed by atoms with Gasteiger partial charge in [-0.25, -0.2) is 14.8 Å². The molecule has 1 saturated heterocycles. The molecule has 2 heterocycles. The van der Waals surface area contributed by atoms with Crippen molar-refractivity contribution < 1.29 is 14.3 Å². The Labute approximate surface area is 156 Å². The fourth-order valence-electron chi connectivity index (χ4n) is 2.94. The third-order valence-corrected chi connectivity index (χ3v) is 4.44. The standard InChI is InChI=1S/C18H21ClN4O3/c1-3-26-18(25)15-16(21-14-7-5-4-6-13(14)20-15)22-8-10-23(11-9-22)17(24)12(2)19/h4-7,12H,3,8-11H2,1-2H3/t12-/m1/s1.